The third kappa shape index (κ3) is 4.63. The molecule has 0 aliphatic heterocycles. The van der Waals surface area contributed by atoms with Gasteiger partial charge in [0.25, 0.3) is 0 Å². The van der Waals surface area contributed by atoms with E-state index in [0.717, 1.165) is 23.3 Å². The van der Waals surface area contributed by atoms with E-state index < -0.39 is 31.7 Å². The number of hydrogen-bond acceptors (Lipinski definition) is 4. The number of halogens is 4. The number of sulfonamides is 1. The number of aromatic nitrogens is 1. The molecule has 0 fully saturated rings. The molecule has 3 aromatic rings. The zero-order valence-electron chi connectivity index (χ0n) is 15.3. The van der Waals surface area contributed by atoms with Crippen molar-refractivity contribution in [1.29, 1.82) is 0 Å². The summed E-state index contributed by atoms with van der Waals surface area (Å²) in [4.78, 5) is -0.517. The largest absolute Gasteiger partial charge is 0.417 e. The molecule has 10 heteroatoms. The molecule has 2 aromatic carbocycles. The molecular weight excluding hydrogens is 429 g/mol. The number of rotatable bonds is 5. The van der Waals surface area contributed by atoms with E-state index in [1.165, 1.54) is 0 Å². The van der Waals surface area contributed by atoms with Crippen molar-refractivity contribution in [2.75, 3.05) is 0 Å². The monoisotopic (exact) mass is 444 g/mol. The fourth-order valence-corrected chi connectivity index (χ4v) is 4.15. The average molecular weight is 445 g/mol. The fraction of sp³-hybridized carbons (Fsp3) is 0.211. The van der Waals surface area contributed by atoms with Crippen molar-refractivity contribution in [3.05, 3.63) is 70.1 Å². The minimum Gasteiger partial charge on any atom is -0.361 e. The summed E-state index contributed by atoms with van der Waals surface area (Å²) in [5.74, 6) is 0.626. The first-order chi connectivity index (χ1) is 13.5. The van der Waals surface area contributed by atoms with Crippen molar-refractivity contribution in [3.63, 3.8) is 0 Å². The third-order valence-electron chi connectivity index (χ3n) is 4.27. The molecule has 5 nitrogen and oxygen atoms in total. The number of nitrogens with zero attached hydrogens (tertiary/aromatic N) is 1. The van der Waals surface area contributed by atoms with Crippen LogP contribution in [0.1, 0.15) is 22.6 Å². The van der Waals surface area contributed by atoms with Crippen LogP contribution in [0, 0.1) is 13.8 Å². The predicted molar refractivity (Wildman–Crippen MR) is 102 cm³/mol. The highest BCUT2D eigenvalue weighted by atomic mass is 35.5. The van der Waals surface area contributed by atoms with Gasteiger partial charge >= 0.3 is 6.18 Å². The quantitative estimate of drug-likeness (QED) is 0.593. The van der Waals surface area contributed by atoms with Crippen molar-refractivity contribution < 1.29 is 26.1 Å². The molecule has 154 valence electrons. The minimum atomic E-state index is -4.76. The Labute approximate surface area is 170 Å². The molecule has 0 bridgehead atoms. The van der Waals surface area contributed by atoms with Gasteiger partial charge < -0.3 is 4.52 Å². The standard InChI is InChI=1S/C19H16ClF3N2O3S/c1-11-18(12(2)28-25-11)14-5-3-4-13(8-14)10-24-29(26,27)15-6-7-17(20)16(9-15)19(21,22)23/h3-9,24H,10H2,1-2H3. The lowest BCUT2D eigenvalue weighted by atomic mass is 10.0. The summed E-state index contributed by atoms with van der Waals surface area (Å²) in [7, 11) is -4.18. The van der Waals surface area contributed by atoms with Crippen molar-refractivity contribution in [2.24, 2.45) is 0 Å². The van der Waals surface area contributed by atoms with Crippen LogP contribution in [0.3, 0.4) is 0 Å². The van der Waals surface area contributed by atoms with Crippen molar-refractivity contribution in [2.45, 2.75) is 31.5 Å². The highest BCUT2D eigenvalue weighted by molar-refractivity contribution is 7.89. The van der Waals surface area contributed by atoms with Gasteiger partial charge in [0.05, 0.1) is 21.2 Å². The number of benzene rings is 2. The van der Waals surface area contributed by atoms with Crippen molar-refractivity contribution >= 4 is 21.6 Å². The molecule has 0 spiro atoms. The van der Waals surface area contributed by atoms with Gasteiger partial charge in [0.2, 0.25) is 10.0 Å². The molecule has 3 rings (SSSR count). The molecule has 1 heterocycles. The van der Waals surface area contributed by atoms with Crippen molar-refractivity contribution in [3.8, 4) is 11.1 Å². The Balaban J connectivity index is 1.84. The first-order valence-electron chi connectivity index (χ1n) is 8.37. The lowest BCUT2D eigenvalue weighted by Gasteiger charge is -2.12. The molecule has 1 N–H and O–H groups in total. The second-order valence-corrected chi connectivity index (χ2v) is 8.54. The van der Waals surface area contributed by atoms with E-state index in [-0.39, 0.29) is 6.54 Å². The Bertz CT molecular complexity index is 1140. The van der Waals surface area contributed by atoms with Crippen LogP contribution in [0.25, 0.3) is 11.1 Å². The number of hydrogen-bond donors (Lipinski definition) is 1. The Hall–Kier alpha value is -2.36. The second kappa shape index (κ2) is 7.81. The van der Waals surface area contributed by atoms with Gasteiger partial charge in [-0.15, -0.1) is 0 Å². The van der Waals surface area contributed by atoms with Gasteiger partial charge in [-0.3, -0.25) is 0 Å². The van der Waals surface area contributed by atoms with Gasteiger partial charge in [-0.05, 0) is 49.2 Å². The Kier molecular flexibility index (Phi) is 5.75. The van der Waals surface area contributed by atoms with Gasteiger partial charge in [0.15, 0.2) is 0 Å². The molecule has 0 unspecified atom stereocenters. The smallest absolute Gasteiger partial charge is 0.361 e. The van der Waals surface area contributed by atoms with E-state index in [4.69, 9.17) is 16.1 Å². The summed E-state index contributed by atoms with van der Waals surface area (Å²) in [5.41, 5.74) is 1.71. The van der Waals surface area contributed by atoms with Crippen LogP contribution in [0.15, 0.2) is 51.9 Å². The van der Waals surface area contributed by atoms with Crippen LogP contribution < -0.4 is 4.72 Å². The van der Waals surface area contributed by atoms with Crippen LogP contribution >= 0.6 is 11.6 Å². The van der Waals surface area contributed by atoms with Gasteiger partial charge in [-0.25, -0.2) is 13.1 Å². The average Bonchev–Trinajstić information content (AvgIpc) is 2.98. The summed E-state index contributed by atoms with van der Waals surface area (Å²) in [6.07, 6.45) is -4.76. The predicted octanol–water partition coefficient (Wildman–Crippen LogP) is 5.11. The second-order valence-electron chi connectivity index (χ2n) is 6.36. The van der Waals surface area contributed by atoms with Crippen LogP contribution in [-0.4, -0.2) is 13.6 Å². The fourth-order valence-electron chi connectivity index (χ4n) is 2.88. The summed E-state index contributed by atoms with van der Waals surface area (Å²) in [5, 5.41) is 3.33. The number of aryl methyl sites for hydroxylation is 2. The summed E-state index contributed by atoms with van der Waals surface area (Å²) < 4.78 is 71.4. The third-order valence-corrected chi connectivity index (χ3v) is 6.00. The van der Waals surface area contributed by atoms with Gasteiger partial charge in [-0.2, -0.15) is 13.2 Å². The molecule has 0 saturated heterocycles. The van der Waals surface area contributed by atoms with E-state index in [0.29, 0.717) is 23.1 Å². The summed E-state index contributed by atoms with van der Waals surface area (Å²) >= 11 is 5.55. The molecule has 0 saturated carbocycles. The maximum absolute atomic E-state index is 13.0. The maximum atomic E-state index is 13.0. The first-order valence-corrected chi connectivity index (χ1v) is 10.2. The molecular formula is C19H16ClF3N2O3S. The summed E-state index contributed by atoms with van der Waals surface area (Å²) in [6.45, 7) is 3.45. The van der Waals surface area contributed by atoms with E-state index >= 15 is 0 Å². The maximum Gasteiger partial charge on any atom is 0.417 e. The normalized spacial score (nSPS) is 12.3. The van der Waals surface area contributed by atoms with Gasteiger partial charge in [-0.1, -0.05) is 35.0 Å². The van der Waals surface area contributed by atoms with Crippen LogP contribution in [-0.2, 0) is 22.7 Å². The van der Waals surface area contributed by atoms with Gasteiger partial charge in [0, 0.05) is 12.1 Å². The summed E-state index contributed by atoms with van der Waals surface area (Å²) in [6, 6.07) is 9.50. The molecule has 0 amide bonds. The molecule has 0 aliphatic carbocycles. The van der Waals surface area contributed by atoms with E-state index in [1.807, 2.05) is 6.07 Å². The van der Waals surface area contributed by atoms with E-state index in [2.05, 4.69) is 9.88 Å². The topological polar surface area (TPSA) is 72.2 Å². The molecule has 0 aliphatic rings. The van der Waals surface area contributed by atoms with Crippen LogP contribution in [0.5, 0.6) is 0 Å². The lowest BCUT2D eigenvalue weighted by molar-refractivity contribution is -0.137. The highest BCUT2D eigenvalue weighted by Gasteiger charge is 2.34. The van der Waals surface area contributed by atoms with Gasteiger partial charge in [0.1, 0.15) is 5.76 Å². The molecule has 1 aromatic heterocycles. The number of nitrogens with one attached hydrogen (secondary N) is 1. The Morgan fingerprint density at radius 1 is 1.14 bits per heavy atom. The Morgan fingerprint density at radius 2 is 1.86 bits per heavy atom. The SMILES string of the molecule is Cc1noc(C)c1-c1cccc(CNS(=O)(=O)c2ccc(Cl)c(C(F)(F)F)c2)c1. The van der Waals surface area contributed by atoms with Crippen LogP contribution in [0.4, 0.5) is 13.2 Å². The highest BCUT2D eigenvalue weighted by Crippen LogP contribution is 2.36. The number of alkyl halides is 3. The van der Waals surface area contributed by atoms with Crippen molar-refractivity contribution in [1.82, 2.24) is 9.88 Å². The minimum absolute atomic E-state index is 0.108. The van der Waals surface area contributed by atoms with Crippen LogP contribution in [0.2, 0.25) is 5.02 Å². The lowest BCUT2D eigenvalue weighted by Crippen LogP contribution is -2.23. The zero-order chi connectivity index (χ0) is 21.4. The molecule has 0 radical (unpaired) electrons. The zero-order valence-corrected chi connectivity index (χ0v) is 16.9. The molecule has 29 heavy (non-hydrogen) atoms. The van der Waals surface area contributed by atoms with E-state index in [9.17, 15) is 21.6 Å². The first kappa shape index (κ1) is 21.4. The molecule has 0 atom stereocenters. The Morgan fingerprint density at radius 3 is 2.48 bits per heavy atom. The van der Waals surface area contributed by atoms with E-state index in [1.54, 1.807) is 32.0 Å².